The molecule has 1 aliphatic carbocycles. The van der Waals surface area contributed by atoms with E-state index in [9.17, 15) is 9.59 Å². The molecule has 0 amide bonds. The highest BCUT2D eigenvalue weighted by molar-refractivity contribution is 5.82. The van der Waals surface area contributed by atoms with E-state index < -0.39 is 29.9 Å². The lowest BCUT2D eigenvalue weighted by atomic mass is 9.69. The number of aliphatic hydroxyl groups excluding tert-OH is 1. The van der Waals surface area contributed by atoms with Crippen LogP contribution in [0.3, 0.4) is 0 Å². The number of rotatable bonds is 5. The number of fused-ring (bicyclic) bond motifs is 4. The molecule has 6 heteroatoms. The number of allylic oxidation sites excluding steroid dienone is 1. The van der Waals surface area contributed by atoms with Crippen molar-refractivity contribution < 1.29 is 28.9 Å². The number of hydrogen-bond donors (Lipinski definition) is 1. The van der Waals surface area contributed by atoms with Crippen LogP contribution in [0.5, 0.6) is 0 Å². The lowest BCUT2D eigenvalue weighted by Crippen LogP contribution is -2.62. The Morgan fingerprint density at radius 1 is 1.30 bits per heavy atom. The Balaban J connectivity index is 2.04. The summed E-state index contributed by atoms with van der Waals surface area (Å²) in [5.74, 6) is -0.219. The fraction of sp³-hybridized carbons (Fsp3) is 0.810. The molecule has 0 aromatic rings. The Hall–Kier alpha value is -1.40. The molecule has 27 heavy (non-hydrogen) atoms. The van der Waals surface area contributed by atoms with Crippen molar-refractivity contribution in [3.05, 3.63) is 12.2 Å². The molecular weight excluding hydrogens is 348 g/mol. The standard InChI is InChI=1S/C21H32O6/c1-6-7-16(23)26-19-18-13(4)8-9-14(18)20(5)15(25-17(24)11-22)10-21(19,27-20)12(2)3/h6-7,12-15,18-19,22H,8-11H2,1-5H3/t13-,14-,15-,18-,19+,20+,21?/m1/s1. The van der Waals surface area contributed by atoms with Gasteiger partial charge in [0, 0.05) is 18.4 Å². The number of aliphatic hydroxyl groups is 1. The van der Waals surface area contributed by atoms with E-state index in [0.717, 1.165) is 12.8 Å². The van der Waals surface area contributed by atoms with Crippen molar-refractivity contribution in [3.63, 3.8) is 0 Å². The largest absolute Gasteiger partial charge is 0.457 e. The Morgan fingerprint density at radius 3 is 2.59 bits per heavy atom. The highest BCUT2D eigenvalue weighted by Crippen LogP contribution is 2.63. The first-order chi connectivity index (χ1) is 12.7. The second-order valence-electron chi connectivity index (χ2n) is 8.83. The van der Waals surface area contributed by atoms with Crippen LogP contribution in [-0.2, 0) is 23.8 Å². The maximum atomic E-state index is 12.3. The van der Waals surface area contributed by atoms with E-state index in [4.69, 9.17) is 19.3 Å². The molecule has 2 bridgehead atoms. The van der Waals surface area contributed by atoms with E-state index in [1.807, 2.05) is 6.92 Å². The van der Waals surface area contributed by atoms with Gasteiger partial charge in [-0.2, -0.15) is 0 Å². The number of hydrogen-bond acceptors (Lipinski definition) is 6. The quantitative estimate of drug-likeness (QED) is 0.583. The van der Waals surface area contributed by atoms with E-state index in [1.54, 1.807) is 13.0 Å². The van der Waals surface area contributed by atoms with Gasteiger partial charge in [-0.25, -0.2) is 9.59 Å². The minimum absolute atomic E-state index is 0.0757. The zero-order chi connectivity index (χ0) is 20.0. The molecule has 1 unspecified atom stereocenters. The highest BCUT2D eigenvalue weighted by Gasteiger charge is 2.72. The van der Waals surface area contributed by atoms with Gasteiger partial charge in [-0.05, 0) is 44.4 Å². The zero-order valence-corrected chi connectivity index (χ0v) is 16.9. The van der Waals surface area contributed by atoms with Gasteiger partial charge in [0.1, 0.15) is 30.0 Å². The molecule has 152 valence electrons. The summed E-state index contributed by atoms with van der Waals surface area (Å²) in [6, 6.07) is 0. The summed E-state index contributed by atoms with van der Waals surface area (Å²) >= 11 is 0. The van der Waals surface area contributed by atoms with Gasteiger partial charge in [-0.1, -0.05) is 26.8 Å². The van der Waals surface area contributed by atoms with Crippen LogP contribution in [-0.4, -0.2) is 47.1 Å². The first kappa shape index (κ1) is 20.3. The number of ether oxygens (including phenoxy) is 3. The third-order valence-corrected chi connectivity index (χ3v) is 7.10. The minimum atomic E-state index is -0.702. The fourth-order valence-electron chi connectivity index (χ4n) is 5.74. The first-order valence-electron chi connectivity index (χ1n) is 10.0. The van der Waals surface area contributed by atoms with Crippen LogP contribution in [0.1, 0.15) is 53.9 Å². The topological polar surface area (TPSA) is 82.1 Å². The van der Waals surface area contributed by atoms with E-state index in [-0.39, 0.29) is 29.8 Å². The van der Waals surface area contributed by atoms with Crippen molar-refractivity contribution in [3.8, 4) is 0 Å². The molecule has 0 aromatic carbocycles. The summed E-state index contributed by atoms with van der Waals surface area (Å²) in [5.41, 5.74) is -1.33. The van der Waals surface area contributed by atoms with Gasteiger partial charge >= 0.3 is 11.9 Å². The van der Waals surface area contributed by atoms with Crippen molar-refractivity contribution in [1.82, 2.24) is 0 Å². The predicted octanol–water partition coefficient (Wildman–Crippen LogP) is 2.63. The van der Waals surface area contributed by atoms with E-state index in [2.05, 4.69) is 20.8 Å². The van der Waals surface area contributed by atoms with Gasteiger partial charge in [0.05, 0.1) is 0 Å². The molecule has 7 atom stereocenters. The van der Waals surface area contributed by atoms with Crippen molar-refractivity contribution in [2.24, 2.45) is 23.7 Å². The Kier molecular flexibility index (Phi) is 5.43. The van der Waals surface area contributed by atoms with Gasteiger partial charge in [0.15, 0.2) is 0 Å². The van der Waals surface area contributed by atoms with Crippen LogP contribution in [0.15, 0.2) is 12.2 Å². The summed E-state index contributed by atoms with van der Waals surface area (Å²) in [6.45, 7) is 9.49. The highest BCUT2D eigenvalue weighted by atomic mass is 16.6. The smallest absolute Gasteiger partial charge is 0.332 e. The van der Waals surface area contributed by atoms with E-state index in [0.29, 0.717) is 12.3 Å². The van der Waals surface area contributed by atoms with Gasteiger partial charge < -0.3 is 19.3 Å². The van der Waals surface area contributed by atoms with Crippen molar-refractivity contribution in [1.29, 1.82) is 0 Å². The van der Waals surface area contributed by atoms with Crippen molar-refractivity contribution in [2.45, 2.75) is 77.3 Å². The lowest BCUT2D eigenvalue weighted by molar-refractivity contribution is -0.264. The van der Waals surface area contributed by atoms with Gasteiger partial charge in [0.2, 0.25) is 0 Å². The third kappa shape index (κ3) is 3.11. The molecule has 3 fully saturated rings. The summed E-state index contributed by atoms with van der Waals surface area (Å²) in [7, 11) is 0. The van der Waals surface area contributed by atoms with Crippen molar-refractivity contribution >= 4 is 11.9 Å². The van der Waals surface area contributed by atoms with Crippen LogP contribution in [0.25, 0.3) is 0 Å². The Bertz CT molecular complexity index is 628. The Morgan fingerprint density at radius 2 is 2.00 bits per heavy atom. The predicted molar refractivity (Wildman–Crippen MR) is 98.7 cm³/mol. The van der Waals surface area contributed by atoms with Crippen LogP contribution >= 0.6 is 0 Å². The molecule has 0 aromatic heterocycles. The number of carbonyl (C=O) groups excluding carboxylic acids is 2. The normalized spacial score (nSPS) is 43.1. The maximum absolute atomic E-state index is 12.3. The molecule has 0 radical (unpaired) electrons. The van der Waals surface area contributed by atoms with Crippen LogP contribution in [0.2, 0.25) is 0 Å². The summed E-state index contributed by atoms with van der Waals surface area (Å²) in [5, 5.41) is 9.16. The van der Waals surface area contributed by atoms with E-state index >= 15 is 0 Å². The monoisotopic (exact) mass is 380 g/mol. The maximum Gasteiger partial charge on any atom is 0.332 e. The molecule has 2 heterocycles. The second-order valence-corrected chi connectivity index (χ2v) is 8.83. The summed E-state index contributed by atoms with van der Waals surface area (Å²) in [6.07, 6.45) is 4.73. The lowest BCUT2D eigenvalue weighted by Gasteiger charge is -2.52. The average Bonchev–Trinajstić information content (AvgIpc) is 3.11. The molecular formula is C21H32O6. The van der Waals surface area contributed by atoms with Crippen LogP contribution in [0, 0.1) is 23.7 Å². The van der Waals surface area contributed by atoms with Gasteiger partial charge in [-0.15, -0.1) is 0 Å². The van der Waals surface area contributed by atoms with E-state index in [1.165, 1.54) is 6.08 Å². The summed E-state index contributed by atoms with van der Waals surface area (Å²) in [4.78, 5) is 24.2. The number of esters is 2. The number of carbonyl (C=O) groups is 2. The molecule has 1 N–H and O–H groups in total. The molecule has 2 saturated heterocycles. The van der Waals surface area contributed by atoms with Gasteiger partial charge in [0.25, 0.3) is 0 Å². The van der Waals surface area contributed by atoms with Crippen LogP contribution in [0.4, 0.5) is 0 Å². The molecule has 6 nitrogen and oxygen atoms in total. The molecule has 0 spiro atoms. The molecule has 3 aliphatic rings. The van der Waals surface area contributed by atoms with Crippen molar-refractivity contribution in [2.75, 3.05) is 6.61 Å². The molecule has 2 aliphatic heterocycles. The second kappa shape index (κ2) is 7.21. The van der Waals surface area contributed by atoms with Gasteiger partial charge in [-0.3, -0.25) is 0 Å². The SMILES string of the molecule is CC=CC(=O)O[C@H]1[C@@H]2[C@H](C)CC[C@H]2[C@]2(C)OC1(C(C)C)C[C@H]2OC(=O)CO. The average molecular weight is 380 g/mol. The Labute approximate surface area is 161 Å². The fourth-order valence-corrected chi connectivity index (χ4v) is 5.74. The first-order valence-corrected chi connectivity index (χ1v) is 10.0. The summed E-state index contributed by atoms with van der Waals surface area (Å²) < 4.78 is 18.3. The molecule has 3 rings (SSSR count). The third-order valence-electron chi connectivity index (χ3n) is 7.10. The zero-order valence-electron chi connectivity index (χ0n) is 16.9. The van der Waals surface area contributed by atoms with Crippen LogP contribution < -0.4 is 0 Å². The minimum Gasteiger partial charge on any atom is -0.457 e. The molecule has 1 saturated carbocycles.